The molecule has 14 heteroatoms. The summed E-state index contributed by atoms with van der Waals surface area (Å²) in [5, 5.41) is 22.4. The van der Waals surface area contributed by atoms with Crippen LogP contribution in [-0.4, -0.2) is 90.6 Å². The van der Waals surface area contributed by atoms with Gasteiger partial charge in [0.2, 0.25) is 0 Å². The summed E-state index contributed by atoms with van der Waals surface area (Å²) in [6.07, 6.45) is -0.790. The van der Waals surface area contributed by atoms with Gasteiger partial charge in [-0.15, -0.1) is 0 Å². The van der Waals surface area contributed by atoms with Gasteiger partial charge in [0.15, 0.2) is 24.4 Å². The number of carbonyl (C=O) groups excluding carboxylic acids is 4. The summed E-state index contributed by atoms with van der Waals surface area (Å²) >= 11 is 0. The van der Waals surface area contributed by atoms with Gasteiger partial charge in [-0.25, -0.2) is 19.2 Å². The number of aromatic nitrogens is 4. The molecule has 0 radical (unpaired) electrons. The number of ether oxygens (including phenoxy) is 4. The summed E-state index contributed by atoms with van der Waals surface area (Å²) in [7, 11) is 0. The Balaban J connectivity index is 1.55. The van der Waals surface area contributed by atoms with E-state index in [1.165, 1.54) is 98.1 Å². The Morgan fingerprint density at radius 3 is 0.932 bits per heavy atom. The summed E-state index contributed by atoms with van der Waals surface area (Å²) in [5.74, 6) is -4.01. The summed E-state index contributed by atoms with van der Waals surface area (Å²) in [5.41, 5.74) is -0.125. The van der Waals surface area contributed by atoms with Crippen LogP contribution in [0.5, 0.6) is 0 Å². The summed E-state index contributed by atoms with van der Waals surface area (Å²) in [4.78, 5) is 68.0. The van der Waals surface area contributed by atoms with Crippen LogP contribution in [0.1, 0.15) is 41.4 Å². The predicted octanol–water partition coefficient (Wildman–Crippen LogP) is 1.20. The Hall–Kier alpha value is -5.60. The lowest BCUT2D eigenvalue weighted by Gasteiger charge is -2.45. The van der Waals surface area contributed by atoms with E-state index in [0.29, 0.717) is 0 Å². The van der Waals surface area contributed by atoms with Gasteiger partial charge in [0.25, 0.3) is 0 Å². The highest BCUT2D eigenvalue weighted by Gasteiger charge is 2.57. The Morgan fingerprint density at radius 2 is 0.705 bits per heavy atom. The van der Waals surface area contributed by atoms with Crippen molar-refractivity contribution in [1.29, 1.82) is 0 Å². The Kier molecular flexibility index (Phi) is 9.22. The summed E-state index contributed by atoms with van der Waals surface area (Å²) in [6, 6.07) is 11.4. The minimum atomic E-state index is -2.00. The van der Waals surface area contributed by atoms with Gasteiger partial charge in [-0.05, 0) is 48.5 Å². The summed E-state index contributed by atoms with van der Waals surface area (Å²) in [6.45, 7) is 0. The van der Waals surface area contributed by atoms with Gasteiger partial charge in [0, 0.05) is 49.6 Å². The normalized spacial score (nSPS) is 22.7. The molecule has 4 aromatic heterocycles. The van der Waals surface area contributed by atoms with E-state index in [1.807, 2.05) is 0 Å². The van der Waals surface area contributed by atoms with Gasteiger partial charge in [-0.1, -0.05) is 0 Å². The molecular formula is C30H24N4O10. The molecular weight excluding hydrogens is 576 g/mol. The average Bonchev–Trinajstić information content (AvgIpc) is 3.08. The number of pyridine rings is 4. The van der Waals surface area contributed by atoms with E-state index in [9.17, 15) is 29.4 Å². The molecule has 0 aromatic carbocycles. The average molecular weight is 601 g/mol. The second-order valence-electron chi connectivity index (χ2n) is 9.43. The second kappa shape index (κ2) is 13.6. The number of aliphatic hydroxyl groups excluding tert-OH is 2. The molecule has 2 N–H and O–H groups in total. The molecule has 0 spiro atoms. The van der Waals surface area contributed by atoms with Crippen LogP contribution in [0.15, 0.2) is 98.1 Å². The third-order valence-corrected chi connectivity index (χ3v) is 6.56. The molecule has 1 fully saturated rings. The molecule has 0 aliphatic heterocycles. The maximum Gasteiger partial charge on any atom is 0.340 e. The maximum atomic E-state index is 13.2. The Morgan fingerprint density at radius 1 is 0.455 bits per heavy atom. The van der Waals surface area contributed by atoms with Crippen LogP contribution in [0.3, 0.4) is 0 Å². The number of carbonyl (C=O) groups is 4. The smallest absolute Gasteiger partial charge is 0.340 e. The van der Waals surface area contributed by atoms with E-state index in [0.717, 1.165) is 0 Å². The fourth-order valence-corrected chi connectivity index (χ4v) is 4.39. The first kappa shape index (κ1) is 29.9. The third-order valence-electron chi connectivity index (χ3n) is 6.56. The number of rotatable bonds is 8. The topological polar surface area (TPSA) is 197 Å². The molecule has 14 nitrogen and oxygen atoms in total. The van der Waals surface area contributed by atoms with Crippen molar-refractivity contribution in [2.24, 2.45) is 0 Å². The second-order valence-corrected chi connectivity index (χ2v) is 9.43. The number of hydrogen-bond acceptors (Lipinski definition) is 14. The molecule has 224 valence electrons. The number of aliphatic hydroxyl groups is 2. The molecule has 0 bridgehead atoms. The zero-order valence-electron chi connectivity index (χ0n) is 22.7. The van der Waals surface area contributed by atoms with E-state index < -0.39 is 60.5 Å². The minimum absolute atomic E-state index is 0.0273. The van der Waals surface area contributed by atoms with E-state index in [2.05, 4.69) is 19.9 Å². The van der Waals surface area contributed by atoms with Crippen molar-refractivity contribution in [3.8, 4) is 0 Å². The molecule has 5 rings (SSSR count). The highest BCUT2D eigenvalue weighted by Crippen LogP contribution is 2.32. The van der Waals surface area contributed by atoms with Crippen LogP contribution in [-0.2, 0) is 18.9 Å². The molecule has 6 atom stereocenters. The first-order chi connectivity index (χ1) is 21.3. The quantitative estimate of drug-likeness (QED) is 0.216. The van der Waals surface area contributed by atoms with Crippen molar-refractivity contribution in [2.75, 3.05) is 0 Å². The fraction of sp³-hybridized carbons (Fsp3) is 0.200. The van der Waals surface area contributed by atoms with E-state index in [4.69, 9.17) is 18.9 Å². The standard InChI is InChI=1S/C30H24N4O10/c35-21-22(36)24(42-28(38)18-6-2-10-32-14-18)26(44-30(40)20-8-4-12-34-16-20)25(43-29(39)19-7-3-11-33-15-19)23(21)41-27(37)17-5-1-9-31-13-17/h1-16,21-26,35-36H/t21-,22-,23+,24+,25-,26+/m0/s1. The van der Waals surface area contributed by atoms with Gasteiger partial charge in [-0.2, -0.15) is 0 Å². The zero-order chi connectivity index (χ0) is 31.1. The number of esters is 4. The van der Waals surface area contributed by atoms with Crippen LogP contribution in [0.25, 0.3) is 0 Å². The fourth-order valence-electron chi connectivity index (χ4n) is 4.39. The zero-order valence-corrected chi connectivity index (χ0v) is 22.7. The van der Waals surface area contributed by atoms with Crippen LogP contribution in [0.2, 0.25) is 0 Å². The lowest BCUT2D eigenvalue weighted by atomic mass is 9.84. The highest BCUT2D eigenvalue weighted by atomic mass is 16.6. The van der Waals surface area contributed by atoms with Crippen molar-refractivity contribution < 1.29 is 48.3 Å². The lowest BCUT2D eigenvalue weighted by molar-refractivity contribution is -0.223. The van der Waals surface area contributed by atoms with E-state index in [-0.39, 0.29) is 22.3 Å². The van der Waals surface area contributed by atoms with Gasteiger partial charge in [0.05, 0.1) is 22.3 Å². The van der Waals surface area contributed by atoms with Gasteiger partial charge in [0.1, 0.15) is 12.2 Å². The Bertz CT molecular complexity index is 1470. The first-order valence-corrected chi connectivity index (χ1v) is 13.1. The molecule has 0 saturated heterocycles. The van der Waals surface area contributed by atoms with Crippen molar-refractivity contribution in [3.63, 3.8) is 0 Å². The highest BCUT2D eigenvalue weighted by molar-refractivity contribution is 5.91. The monoisotopic (exact) mass is 600 g/mol. The molecule has 1 aliphatic carbocycles. The van der Waals surface area contributed by atoms with Crippen molar-refractivity contribution in [2.45, 2.75) is 36.6 Å². The van der Waals surface area contributed by atoms with Crippen LogP contribution in [0.4, 0.5) is 0 Å². The molecule has 0 unspecified atom stereocenters. The molecule has 44 heavy (non-hydrogen) atoms. The largest absolute Gasteiger partial charge is 0.452 e. The number of nitrogens with zero attached hydrogens (tertiary/aromatic N) is 4. The predicted molar refractivity (Wildman–Crippen MR) is 146 cm³/mol. The lowest BCUT2D eigenvalue weighted by Crippen LogP contribution is -2.67. The van der Waals surface area contributed by atoms with Crippen LogP contribution >= 0.6 is 0 Å². The van der Waals surface area contributed by atoms with Gasteiger partial charge < -0.3 is 29.2 Å². The van der Waals surface area contributed by atoms with Crippen molar-refractivity contribution in [3.05, 3.63) is 120 Å². The summed E-state index contributed by atoms with van der Waals surface area (Å²) < 4.78 is 22.4. The molecule has 4 heterocycles. The molecule has 4 aromatic rings. The van der Waals surface area contributed by atoms with E-state index in [1.54, 1.807) is 0 Å². The molecule has 0 amide bonds. The maximum absolute atomic E-state index is 13.2. The van der Waals surface area contributed by atoms with Gasteiger partial charge in [-0.3, -0.25) is 19.9 Å². The minimum Gasteiger partial charge on any atom is -0.452 e. The SMILES string of the molecule is O=C(O[C@@H]1[C@H](OC(=O)c2cccnc2)[C@H](OC(=O)c2cccnc2)[C@@H](O)[C@H](O)[C@H]1OC(=O)c1cccnc1)c1cccnc1. The molecule has 1 aliphatic rings. The molecule has 1 saturated carbocycles. The van der Waals surface area contributed by atoms with Crippen LogP contribution in [0, 0.1) is 0 Å². The van der Waals surface area contributed by atoms with Crippen LogP contribution < -0.4 is 0 Å². The van der Waals surface area contributed by atoms with Crippen molar-refractivity contribution >= 4 is 23.9 Å². The van der Waals surface area contributed by atoms with E-state index >= 15 is 0 Å². The number of hydrogen-bond donors (Lipinski definition) is 2. The first-order valence-electron chi connectivity index (χ1n) is 13.1. The Labute approximate surface area is 249 Å². The van der Waals surface area contributed by atoms with Gasteiger partial charge >= 0.3 is 23.9 Å². The third kappa shape index (κ3) is 6.72. The van der Waals surface area contributed by atoms with Crippen molar-refractivity contribution in [1.82, 2.24) is 19.9 Å².